The fraction of sp³-hybridized carbons (Fsp3) is 1.00. The fourth-order valence-electron chi connectivity index (χ4n) is 2.73. The summed E-state index contributed by atoms with van der Waals surface area (Å²) < 4.78 is 11.7. The van der Waals surface area contributed by atoms with Crippen molar-refractivity contribution in [1.29, 1.82) is 0 Å². The first-order valence-electron chi connectivity index (χ1n) is 8.61. The highest BCUT2D eigenvalue weighted by atomic mass is 28.4. The van der Waals surface area contributed by atoms with Gasteiger partial charge in [0, 0.05) is 13.2 Å². The molecule has 0 spiro atoms. The first-order chi connectivity index (χ1) is 9.33. The van der Waals surface area contributed by atoms with Crippen molar-refractivity contribution in [3.63, 3.8) is 0 Å². The Morgan fingerprint density at radius 1 is 0.550 bits per heavy atom. The topological polar surface area (TPSA) is 18.5 Å². The van der Waals surface area contributed by atoms with Gasteiger partial charge in [-0.3, -0.25) is 0 Å². The van der Waals surface area contributed by atoms with Crippen LogP contribution in [0.1, 0.15) is 52.4 Å². The number of rotatable bonds is 13. The summed E-state index contributed by atoms with van der Waals surface area (Å²) in [7, 11) is -2.65. The monoisotopic (exact) mass is 318 g/mol. The summed E-state index contributed by atoms with van der Waals surface area (Å²) in [5.41, 5.74) is 0. The molecule has 0 rings (SSSR count). The van der Waals surface area contributed by atoms with Gasteiger partial charge in [-0.1, -0.05) is 38.5 Å². The van der Waals surface area contributed by atoms with Crippen molar-refractivity contribution < 1.29 is 8.85 Å². The van der Waals surface area contributed by atoms with Crippen LogP contribution in [0.5, 0.6) is 0 Å². The summed E-state index contributed by atoms with van der Waals surface area (Å²) >= 11 is 0. The Bertz CT molecular complexity index is 207. The van der Waals surface area contributed by atoms with Crippen LogP contribution in [0.15, 0.2) is 0 Å². The standard InChI is InChI=1S/C16H38O2Si2/c1-7-17-19(3,4)15-13-11-9-10-12-14-16-20(5,6)18-8-2/h7-16H2,1-6H3. The molecule has 0 unspecified atom stereocenters. The Hall–Kier alpha value is 0.354. The van der Waals surface area contributed by atoms with Gasteiger partial charge in [0.15, 0.2) is 16.6 Å². The number of hydrogen-bond acceptors (Lipinski definition) is 2. The minimum Gasteiger partial charge on any atom is -0.418 e. The van der Waals surface area contributed by atoms with Crippen LogP contribution in [0, 0.1) is 0 Å². The predicted octanol–water partition coefficient (Wildman–Crippen LogP) is 5.81. The molecule has 0 aromatic rings. The molecule has 0 heterocycles. The molecule has 0 amide bonds. The SMILES string of the molecule is CCO[Si](C)(C)CCCCCCCC[Si](C)(C)OCC. The van der Waals surface area contributed by atoms with Crippen molar-refractivity contribution >= 4 is 16.6 Å². The minimum absolute atomic E-state index is 0.888. The molecule has 0 aliphatic carbocycles. The van der Waals surface area contributed by atoms with Crippen molar-refractivity contribution in [1.82, 2.24) is 0 Å². The molecule has 0 fully saturated rings. The van der Waals surface area contributed by atoms with E-state index in [1.54, 1.807) is 0 Å². The molecular weight excluding hydrogens is 280 g/mol. The highest BCUT2D eigenvalue weighted by Crippen LogP contribution is 2.19. The van der Waals surface area contributed by atoms with Gasteiger partial charge in [-0.15, -0.1) is 0 Å². The van der Waals surface area contributed by atoms with E-state index in [1.165, 1.54) is 50.6 Å². The molecule has 0 saturated carbocycles. The summed E-state index contributed by atoms with van der Waals surface area (Å²) in [6.07, 6.45) is 8.28. The molecule has 122 valence electrons. The highest BCUT2D eigenvalue weighted by molar-refractivity contribution is 6.71. The number of hydrogen-bond donors (Lipinski definition) is 0. The lowest BCUT2D eigenvalue weighted by Crippen LogP contribution is -2.29. The van der Waals surface area contributed by atoms with Gasteiger partial charge < -0.3 is 8.85 Å². The third kappa shape index (κ3) is 12.1. The first kappa shape index (κ1) is 20.4. The molecule has 4 heteroatoms. The summed E-state index contributed by atoms with van der Waals surface area (Å²) in [4.78, 5) is 0. The average Bonchev–Trinajstić information content (AvgIpc) is 2.32. The Kier molecular flexibility index (Phi) is 11.2. The second kappa shape index (κ2) is 11.0. The normalized spacial score (nSPS) is 12.9. The molecule has 0 aromatic carbocycles. The molecule has 0 atom stereocenters. The largest absolute Gasteiger partial charge is 0.418 e. The highest BCUT2D eigenvalue weighted by Gasteiger charge is 2.21. The third-order valence-corrected chi connectivity index (χ3v) is 9.13. The van der Waals surface area contributed by atoms with Gasteiger partial charge >= 0.3 is 0 Å². The van der Waals surface area contributed by atoms with Crippen LogP contribution in [0.2, 0.25) is 38.3 Å². The smallest absolute Gasteiger partial charge is 0.186 e. The molecule has 0 aliphatic rings. The van der Waals surface area contributed by atoms with Gasteiger partial charge in [-0.25, -0.2) is 0 Å². The Balaban J connectivity index is 3.41. The fourth-order valence-corrected chi connectivity index (χ4v) is 6.79. The van der Waals surface area contributed by atoms with E-state index >= 15 is 0 Å². The summed E-state index contributed by atoms with van der Waals surface area (Å²) in [5, 5.41) is 0. The van der Waals surface area contributed by atoms with Crippen LogP contribution in [-0.4, -0.2) is 29.8 Å². The van der Waals surface area contributed by atoms with Gasteiger partial charge in [0.25, 0.3) is 0 Å². The molecule has 2 nitrogen and oxygen atoms in total. The van der Waals surface area contributed by atoms with Gasteiger partial charge in [0.05, 0.1) is 0 Å². The lowest BCUT2D eigenvalue weighted by atomic mass is 10.1. The van der Waals surface area contributed by atoms with Crippen LogP contribution in [0.4, 0.5) is 0 Å². The minimum atomic E-state index is -1.32. The Labute approximate surface area is 129 Å². The number of unbranched alkanes of at least 4 members (excludes halogenated alkanes) is 5. The van der Waals surface area contributed by atoms with E-state index in [0.29, 0.717) is 0 Å². The van der Waals surface area contributed by atoms with Crippen molar-refractivity contribution in [2.45, 2.75) is 90.6 Å². The lowest BCUT2D eigenvalue weighted by Gasteiger charge is -2.22. The zero-order chi connectivity index (χ0) is 15.5. The molecule has 0 aliphatic heterocycles. The molecule has 20 heavy (non-hydrogen) atoms. The van der Waals surface area contributed by atoms with Gasteiger partial charge in [0.1, 0.15) is 0 Å². The predicted molar refractivity (Wildman–Crippen MR) is 95.5 cm³/mol. The van der Waals surface area contributed by atoms with Crippen molar-refractivity contribution in [2.24, 2.45) is 0 Å². The summed E-state index contributed by atoms with van der Waals surface area (Å²) in [6.45, 7) is 15.4. The Morgan fingerprint density at radius 2 is 0.850 bits per heavy atom. The van der Waals surface area contributed by atoms with E-state index in [2.05, 4.69) is 40.0 Å². The van der Waals surface area contributed by atoms with Crippen LogP contribution in [0.25, 0.3) is 0 Å². The quantitative estimate of drug-likeness (QED) is 0.315. The molecule has 0 bridgehead atoms. The van der Waals surface area contributed by atoms with Crippen LogP contribution >= 0.6 is 0 Å². The van der Waals surface area contributed by atoms with Crippen molar-refractivity contribution in [3.05, 3.63) is 0 Å². The maximum atomic E-state index is 5.86. The summed E-state index contributed by atoms with van der Waals surface area (Å²) in [6, 6.07) is 2.65. The van der Waals surface area contributed by atoms with E-state index in [1.807, 2.05) is 0 Å². The van der Waals surface area contributed by atoms with E-state index in [-0.39, 0.29) is 0 Å². The van der Waals surface area contributed by atoms with Crippen molar-refractivity contribution in [2.75, 3.05) is 13.2 Å². The zero-order valence-corrected chi connectivity index (χ0v) is 16.9. The molecule has 0 saturated heterocycles. The summed E-state index contributed by atoms with van der Waals surface area (Å²) in [5.74, 6) is 0. The lowest BCUT2D eigenvalue weighted by molar-refractivity contribution is 0.326. The van der Waals surface area contributed by atoms with Gasteiger partial charge in [-0.2, -0.15) is 0 Å². The van der Waals surface area contributed by atoms with Gasteiger partial charge in [0.2, 0.25) is 0 Å². The second-order valence-corrected chi connectivity index (χ2v) is 15.6. The van der Waals surface area contributed by atoms with E-state index in [4.69, 9.17) is 8.85 Å². The zero-order valence-electron chi connectivity index (χ0n) is 14.9. The average molecular weight is 319 g/mol. The van der Waals surface area contributed by atoms with Gasteiger partial charge in [-0.05, 0) is 52.1 Å². The Morgan fingerprint density at radius 3 is 1.15 bits per heavy atom. The van der Waals surface area contributed by atoms with Crippen LogP contribution < -0.4 is 0 Å². The van der Waals surface area contributed by atoms with Crippen molar-refractivity contribution in [3.8, 4) is 0 Å². The van der Waals surface area contributed by atoms with E-state index in [9.17, 15) is 0 Å². The van der Waals surface area contributed by atoms with E-state index in [0.717, 1.165) is 13.2 Å². The molecular formula is C16H38O2Si2. The van der Waals surface area contributed by atoms with Crippen LogP contribution in [-0.2, 0) is 8.85 Å². The maximum Gasteiger partial charge on any atom is 0.186 e. The van der Waals surface area contributed by atoms with E-state index < -0.39 is 16.6 Å². The molecule has 0 radical (unpaired) electrons. The molecule has 0 N–H and O–H groups in total. The third-order valence-electron chi connectivity index (χ3n) is 3.88. The molecule has 0 aromatic heterocycles. The first-order valence-corrected chi connectivity index (χ1v) is 14.8. The second-order valence-electron chi connectivity index (χ2n) is 7.01. The maximum absolute atomic E-state index is 5.86. The van der Waals surface area contributed by atoms with Crippen LogP contribution in [0.3, 0.4) is 0 Å².